The minimum absolute atomic E-state index is 0.443. The molecule has 0 spiro atoms. The van der Waals surface area contributed by atoms with E-state index >= 15 is 0 Å². The molecule has 0 bridgehead atoms. The number of nitrogens with two attached hydrogens (primary N) is 2. The largest absolute Gasteiger partial charge is 0.381 e. The van der Waals surface area contributed by atoms with Crippen LogP contribution in [0.2, 0.25) is 0 Å². The zero-order valence-electron chi connectivity index (χ0n) is 12.3. The maximum absolute atomic E-state index is 11.0. The summed E-state index contributed by atoms with van der Waals surface area (Å²) in [6.07, 6.45) is 4.44. The van der Waals surface area contributed by atoms with Gasteiger partial charge in [-0.15, -0.1) is 0 Å². The fourth-order valence-corrected chi connectivity index (χ4v) is 1.94. The summed E-state index contributed by atoms with van der Waals surface area (Å²) in [7, 11) is 0. The van der Waals surface area contributed by atoms with Gasteiger partial charge in [0.2, 0.25) is 5.91 Å². The van der Waals surface area contributed by atoms with E-state index in [4.69, 9.17) is 16.2 Å². The SMILES string of the molecule is CC(N)(CCCCOCCCc1ccccc1)C(N)=O. The van der Waals surface area contributed by atoms with Gasteiger partial charge in [0.05, 0.1) is 5.54 Å². The monoisotopic (exact) mass is 278 g/mol. The van der Waals surface area contributed by atoms with E-state index in [1.807, 2.05) is 6.07 Å². The molecule has 4 nitrogen and oxygen atoms in total. The van der Waals surface area contributed by atoms with Gasteiger partial charge in [-0.2, -0.15) is 0 Å². The molecule has 1 aromatic rings. The smallest absolute Gasteiger partial charge is 0.237 e. The van der Waals surface area contributed by atoms with Gasteiger partial charge < -0.3 is 16.2 Å². The summed E-state index contributed by atoms with van der Waals surface area (Å²) < 4.78 is 5.57. The van der Waals surface area contributed by atoms with Crippen molar-refractivity contribution in [2.24, 2.45) is 11.5 Å². The van der Waals surface area contributed by atoms with Crippen LogP contribution in [0, 0.1) is 0 Å². The molecule has 4 heteroatoms. The maximum Gasteiger partial charge on any atom is 0.237 e. The van der Waals surface area contributed by atoms with Crippen molar-refractivity contribution in [3.05, 3.63) is 35.9 Å². The highest BCUT2D eigenvalue weighted by molar-refractivity contribution is 5.83. The third-order valence-corrected chi connectivity index (χ3v) is 3.39. The van der Waals surface area contributed by atoms with E-state index in [0.717, 1.165) is 32.3 Å². The predicted octanol–water partition coefficient (Wildman–Crippen LogP) is 2.01. The summed E-state index contributed by atoms with van der Waals surface area (Å²) in [6, 6.07) is 10.4. The molecule has 0 aliphatic heterocycles. The van der Waals surface area contributed by atoms with Gasteiger partial charge in [0.15, 0.2) is 0 Å². The minimum Gasteiger partial charge on any atom is -0.381 e. The van der Waals surface area contributed by atoms with Crippen molar-refractivity contribution in [3.63, 3.8) is 0 Å². The maximum atomic E-state index is 11.0. The number of hydrogen-bond donors (Lipinski definition) is 2. The van der Waals surface area contributed by atoms with Gasteiger partial charge in [0.1, 0.15) is 0 Å². The number of amides is 1. The van der Waals surface area contributed by atoms with Crippen molar-refractivity contribution in [2.45, 2.75) is 44.6 Å². The van der Waals surface area contributed by atoms with Crippen LogP contribution in [0.5, 0.6) is 0 Å². The summed E-state index contributed by atoms with van der Waals surface area (Å²) in [4.78, 5) is 11.0. The quantitative estimate of drug-likeness (QED) is 0.643. The normalized spacial score (nSPS) is 13.9. The van der Waals surface area contributed by atoms with Crippen molar-refractivity contribution in [1.82, 2.24) is 0 Å². The van der Waals surface area contributed by atoms with Crippen LogP contribution in [0.15, 0.2) is 30.3 Å². The summed E-state index contributed by atoms with van der Waals surface area (Å²) in [6.45, 7) is 3.16. The number of aryl methyl sites for hydroxylation is 1. The van der Waals surface area contributed by atoms with Crippen LogP contribution in [-0.2, 0) is 16.0 Å². The first-order valence-corrected chi connectivity index (χ1v) is 7.23. The number of hydrogen-bond acceptors (Lipinski definition) is 3. The Hall–Kier alpha value is -1.39. The summed E-state index contributed by atoms with van der Waals surface area (Å²) >= 11 is 0. The molecule has 4 N–H and O–H groups in total. The average molecular weight is 278 g/mol. The van der Waals surface area contributed by atoms with Gasteiger partial charge in [-0.3, -0.25) is 4.79 Å². The van der Waals surface area contributed by atoms with E-state index in [1.165, 1.54) is 5.56 Å². The summed E-state index contributed by atoms with van der Waals surface area (Å²) in [5.74, 6) is -0.443. The minimum atomic E-state index is -0.896. The lowest BCUT2D eigenvalue weighted by atomic mass is 9.96. The standard InChI is InChI=1S/C16H26N2O2/c1-16(18,15(17)19)11-5-6-12-20-13-7-10-14-8-3-2-4-9-14/h2-4,8-9H,5-7,10-13,18H2,1H3,(H2,17,19). The molecule has 20 heavy (non-hydrogen) atoms. The molecular weight excluding hydrogens is 252 g/mol. The van der Waals surface area contributed by atoms with Crippen LogP contribution in [0.25, 0.3) is 0 Å². The number of ether oxygens (including phenoxy) is 1. The highest BCUT2D eigenvalue weighted by Gasteiger charge is 2.24. The Bertz CT molecular complexity index is 391. The molecule has 0 aromatic heterocycles. The molecule has 0 fully saturated rings. The third kappa shape index (κ3) is 6.68. The lowest BCUT2D eigenvalue weighted by Crippen LogP contribution is -2.49. The van der Waals surface area contributed by atoms with Crippen molar-refractivity contribution >= 4 is 5.91 Å². The van der Waals surface area contributed by atoms with Crippen molar-refractivity contribution in [2.75, 3.05) is 13.2 Å². The van der Waals surface area contributed by atoms with Crippen LogP contribution in [0.3, 0.4) is 0 Å². The number of carbonyl (C=O) groups excluding carboxylic acids is 1. The topological polar surface area (TPSA) is 78.3 Å². The fraction of sp³-hybridized carbons (Fsp3) is 0.562. The summed E-state index contributed by atoms with van der Waals surface area (Å²) in [5.41, 5.74) is 11.4. The Labute approximate surface area is 121 Å². The van der Waals surface area contributed by atoms with Crippen LogP contribution in [-0.4, -0.2) is 24.7 Å². The van der Waals surface area contributed by atoms with E-state index in [-0.39, 0.29) is 0 Å². The number of benzene rings is 1. The Morgan fingerprint density at radius 3 is 2.45 bits per heavy atom. The van der Waals surface area contributed by atoms with Crippen molar-refractivity contribution in [1.29, 1.82) is 0 Å². The first kappa shape index (κ1) is 16.7. The molecule has 1 amide bonds. The second-order valence-electron chi connectivity index (χ2n) is 5.44. The fourth-order valence-electron chi connectivity index (χ4n) is 1.94. The first-order valence-electron chi connectivity index (χ1n) is 7.23. The molecule has 0 saturated heterocycles. The van der Waals surface area contributed by atoms with Crippen LogP contribution in [0.1, 0.15) is 38.2 Å². The Morgan fingerprint density at radius 2 is 1.80 bits per heavy atom. The van der Waals surface area contributed by atoms with E-state index in [1.54, 1.807) is 6.92 Å². The Kier molecular flexibility index (Phi) is 7.26. The van der Waals surface area contributed by atoms with Crippen molar-refractivity contribution in [3.8, 4) is 0 Å². The van der Waals surface area contributed by atoms with Crippen LogP contribution < -0.4 is 11.5 Å². The molecule has 0 radical (unpaired) electrons. The molecule has 1 aromatic carbocycles. The third-order valence-electron chi connectivity index (χ3n) is 3.39. The van der Waals surface area contributed by atoms with Gasteiger partial charge in [0.25, 0.3) is 0 Å². The lowest BCUT2D eigenvalue weighted by molar-refractivity contribution is -0.122. The van der Waals surface area contributed by atoms with E-state index in [2.05, 4.69) is 24.3 Å². The molecule has 0 aliphatic carbocycles. The highest BCUT2D eigenvalue weighted by Crippen LogP contribution is 2.10. The molecule has 0 saturated carbocycles. The first-order chi connectivity index (χ1) is 9.52. The molecule has 1 rings (SSSR count). The molecule has 1 unspecified atom stereocenters. The number of carbonyl (C=O) groups is 1. The van der Waals surface area contributed by atoms with Gasteiger partial charge in [-0.1, -0.05) is 30.3 Å². The predicted molar refractivity (Wildman–Crippen MR) is 81.2 cm³/mol. The molecule has 0 heterocycles. The zero-order chi connectivity index (χ0) is 14.8. The van der Waals surface area contributed by atoms with E-state index < -0.39 is 11.4 Å². The number of unbranched alkanes of at least 4 members (excludes halogenated alkanes) is 1. The second-order valence-corrected chi connectivity index (χ2v) is 5.44. The Morgan fingerprint density at radius 1 is 1.15 bits per heavy atom. The van der Waals surface area contributed by atoms with Crippen LogP contribution in [0.4, 0.5) is 0 Å². The van der Waals surface area contributed by atoms with Gasteiger partial charge in [0, 0.05) is 13.2 Å². The summed E-state index contributed by atoms with van der Waals surface area (Å²) in [5, 5.41) is 0. The molecule has 1 atom stereocenters. The molecule has 112 valence electrons. The van der Waals surface area contributed by atoms with E-state index in [9.17, 15) is 4.79 Å². The van der Waals surface area contributed by atoms with Crippen molar-refractivity contribution < 1.29 is 9.53 Å². The van der Waals surface area contributed by atoms with Gasteiger partial charge >= 0.3 is 0 Å². The highest BCUT2D eigenvalue weighted by atomic mass is 16.5. The molecule has 0 aliphatic rings. The second kappa shape index (κ2) is 8.72. The molecular formula is C16H26N2O2. The van der Waals surface area contributed by atoms with E-state index in [0.29, 0.717) is 13.0 Å². The zero-order valence-corrected chi connectivity index (χ0v) is 12.3. The van der Waals surface area contributed by atoms with Crippen LogP contribution >= 0.6 is 0 Å². The van der Waals surface area contributed by atoms with Gasteiger partial charge in [-0.05, 0) is 44.6 Å². The van der Waals surface area contributed by atoms with Gasteiger partial charge in [-0.25, -0.2) is 0 Å². The Balaban J connectivity index is 1.97. The average Bonchev–Trinajstić information content (AvgIpc) is 2.42. The number of rotatable bonds is 10. The number of primary amides is 1. The lowest BCUT2D eigenvalue weighted by Gasteiger charge is -2.19.